The number of halogens is 1. The van der Waals surface area contributed by atoms with Gasteiger partial charge in [0.1, 0.15) is 0 Å². The second-order valence-electron chi connectivity index (χ2n) is 6.06. The lowest BCUT2D eigenvalue weighted by Gasteiger charge is -2.17. The summed E-state index contributed by atoms with van der Waals surface area (Å²) in [4.78, 5) is 18.7. The van der Waals surface area contributed by atoms with E-state index in [1.807, 2.05) is 56.3 Å². The van der Waals surface area contributed by atoms with E-state index in [2.05, 4.69) is 21.2 Å². The molecule has 1 aromatic carbocycles. The van der Waals surface area contributed by atoms with Gasteiger partial charge in [0.25, 0.3) is 5.91 Å². The van der Waals surface area contributed by atoms with Crippen LogP contribution in [0.4, 0.5) is 0 Å². The summed E-state index contributed by atoms with van der Waals surface area (Å²) < 4.78 is 12.1. The molecule has 5 nitrogen and oxygen atoms in total. The third kappa shape index (κ3) is 5.17. The lowest BCUT2D eigenvalue weighted by Crippen LogP contribution is -2.29. The van der Waals surface area contributed by atoms with Crippen molar-refractivity contribution < 1.29 is 14.3 Å². The van der Waals surface area contributed by atoms with Gasteiger partial charge in [-0.1, -0.05) is 18.2 Å². The summed E-state index contributed by atoms with van der Waals surface area (Å²) in [6, 6.07) is 13.5. The molecule has 0 aliphatic heterocycles. The number of fused-ring (bicyclic) bond motifs is 1. The van der Waals surface area contributed by atoms with Crippen molar-refractivity contribution in [2.24, 2.45) is 0 Å². The third-order valence-corrected chi connectivity index (χ3v) is 5.80. The minimum absolute atomic E-state index is 0.123. The minimum atomic E-state index is -0.302. The number of para-hydroxylation sites is 1. The van der Waals surface area contributed by atoms with Gasteiger partial charge >= 0.3 is 0 Å². The van der Waals surface area contributed by atoms with E-state index in [1.165, 1.54) is 0 Å². The van der Waals surface area contributed by atoms with E-state index < -0.39 is 0 Å². The molecule has 3 aromatic rings. The molecule has 0 saturated carbocycles. The zero-order valence-electron chi connectivity index (χ0n) is 15.9. The van der Waals surface area contributed by atoms with E-state index in [0.29, 0.717) is 31.7 Å². The number of aromatic nitrogens is 1. The van der Waals surface area contributed by atoms with Crippen molar-refractivity contribution in [2.75, 3.05) is 19.8 Å². The Bertz CT molecular complexity index is 938. The Balaban J connectivity index is 1.81. The summed E-state index contributed by atoms with van der Waals surface area (Å²) >= 11 is 5.08. The standard InChI is InChI=1S/C21H23BrN2O3S/c1-3-26-20(27-4-2)11-12-23-21(25)15-13-17(18-9-10-19(22)28-18)24-16-8-6-5-7-14(15)16/h5-10,13,20H,3-4,11-12H2,1-2H3,(H,23,25). The maximum Gasteiger partial charge on any atom is 0.252 e. The third-order valence-electron chi connectivity index (χ3n) is 4.16. The number of benzene rings is 1. The number of nitrogens with one attached hydrogen (secondary N) is 1. The number of thiophene rings is 1. The first-order chi connectivity index (χ1) is 13.6. The Morgan fingerprint density at radius 1 is 1.18 bits per heavy atom. The summed E-state index contributed by atoms with van der Waals surface area (Å²) in [6.45, 7) is 5.48. The highest BCUT2D eigenvalue weighted by molar-refractivity contribution is 9.11. The molecule has 0 spiro atoms. The molecule has 148 valence electrons. The van der Waals surface area contributed by atoms with Crippen LogP contribution in [-0.2, 0) is 9.47 Å². The van der Waals surface area contributed by atoms with Gasteiger partial charge in [0.05, 0.1) is 25.4 Å². The maximum atomic E-state index is 12.9. The van der Waals surface area contributed by atoms with Crippen molar-refractivity contribution in [3.8, 4) is 10.6 Å². The summed E-state index contributed by atoms with van der Waals surface area (Å²) in [5.74, 6) is -0.123. The molecule has 3 rings (SSSR count). The minimum Gasteiger partial charge on any atom is -0.353 e. The number of pyridine rings is 1. The van der Waals surface area contributed by atoms with Gasteiger partial charge in [-0.2, -0.15) is 0 Å². The number of hydrogen-bond acceptors (Lipinski definition) is 5. The zero-order chi connectivity index (χ0) is 19.9. The number of carbonyl (C=O) groups is 1. The Hall–Kier alpha value is -1.80. The number of hydrogen-bond donors (Lipinski definition) is 1. The van der Waals surface area contributed by atoms with E-state index in [4.69, 9.17) is 14.5 Å². The predicted octanol–water partition coefficient (Wildman–Crippen LogP) is 5.24. The van der Waals surface area contributed by atoms with Gasteiger partial charge in [-0.25, -0.2) is 4.98 Å². The van der Waals surface area contributed by atoms with E-state index in [1.54, 1.807) is 11.3 Å². The molecule has 28 heavy (non-hydrogen) atoms. The summed E-state index contributed by atoms with van der Waals surface area (Å²) in [5, 5.41) is 3.83. The van der Waals surface area contributed by atoms with Crippen molar-refractivity contribution >= 4 is 44.1 Å². The first-order valence-corrected chi connectivity index (χ1v) is 10.9. The van der Waals surface area contributed by atoms with Crippen LogP contribution in [-0.4, -0.2) is 36.9 Å². The molecule has 0 unspecified atom stereocenters. The SMILES string of the molecule is CCOC(CCNC(=O)c1cc(-c2ccc(Br)s2)nc2ccccc12)OCC. The highest BCUT2D eigenvalue weighted by Crippen LogP contribution is 2.32. The molecule has 2 heterocycles. The summed E-state index contributed by atoms with van der Waals surface area (Å²) in [7, 11) is 0. The maximum absolute atomic E-state index is 12.9. The summed E-state index contributed by atoms with van der Waals surface area (Å²) in [5.41, 5.74) is 2.21. The van der Waals surface area contributed by atoms with E-state index >= 15 is 0 Å². The second kappa shape index (κ2) is 10.1. The van der Waals surface area contributed by atoms with Crippen molar-refractivity contribution in [1.29, 1.82) is 0 Å². The lowest BCUT2D eigenvalue weighted by atomic mass is 10.1. The number of rotatable bonds is 9. The first kappa shape index (κ1) is 20.9. The second-order valence-corrected chi connectivity index (χ2v) is 8.52. The molecule has 0 saturated heterocycles. The molecule has 0 radical (unpaired) electrons. The Labute approximate surface area is 177 Å². The van der Waals surface area contributed by atoms with Crippen LogP contribution in [0.1, 0.15) is 30.6 Å². The number of ether oxygens (including phenoxy) is 2. The topological polar surface area (TPSA) is 60.5 Å². The quantitative estimate of drug-likeness (QED) is 0.441. The van der Waals surface area contributed by atoms with Crippen LogP contribution in [0.3, 0.4) is 0 Å². The molecule has 0 aliphatic rings. The van der Waals surface area contributed by atoms with Crippen LogP contribution in [0, 0.1) is 0 Å². The van der Waals surface area contributed by atoms with Crippen molar-refractivity contribution in [1.82, 2.24) is 10.3 Å². The average Bonchev–Trinajstić information content (AvgIpc) is 3.13. The highest BCUT2D eigenvalue weighted by Gasteiger charge is 2.15. The van der Waals surface area contributed by atoms with Gasteiger partial charge in [0.15, 0.2) is 6.29 Å². The monoisotopic (exact) mass is 462 g/mol. The molecule has 2 aromatic heterocycles. The van der Waals surface area contributed by atoms with Gasteiger partial charge in [-0.05, 0) is 54.0 Å². The average molecular weight is 463 g/mol. The van der Waals surface area contributed by atoms with E-state index in [-0.39, 0.29) is 12.2 Å². The molecule has 0 fully saturated rings. The molecule has 0 atom stereocenters. The van der Waals surface area contributed by atoms with Gasteiger partial charge < -0.3 is 14.8 Å². The smallest absolute Gasteiger partial charge is 0.252 e. The molecular weight excluding hydrogens is 440 g/mol. The fourth-order valence-corrected chi connectivity index (χ4v) is 4.27. The molecule has 0 bridgehead atoms. The molecular formula is C21H23BrN2O3S. The van der Waals surface area contributed by atoms with Crippen LogP contribution in [0.25, 0.3) is 21.5 Å². The fraction of sp³-hybridized carbons (Fsp3) is 0.333. The zero-order valence-corrected chi connectivity index (χ0v) is 18.3. The van der Waals surface area contributed by atoms with Crippen LogP contribution >= 0.6 is 27.3 Å². The van der Waals surface area contributed by atoms with Crippen molar-refractivity contribution in [3.63, 3.8) is 0 Å². The van der Waals surface area contributed by atoms with Gasteiger partial charge in [-0.3, -0.25) is 4.79 Å². The Morgan fingerprint density at radius 3 is 2.61 bits per heavy atom. The van der Waals surface area contributed by atoms with Gasteiger partial charge in [0.2, 0.25) is 0 Å². The lowest BCUT2D eigenvalue weighted by molar-refractivity contribution is -0.138. The van der Waals surface area contributed by atoms with Crippen molar-refractivity contribution in [2.45, 2.75) is 26.6 Å². The summed E-state index contributed by atoms with van der Waals surface area (Å²) in [6.07, 6.45) is 0.296. The normalized spacial score (nSPS) is 11.3. The van der Waals surface area contributed by atoms with Crippen LogP contribution in [0.2, 0.25) is 0 Å². The number of nitrogens with zero attached hydrogens (tertiary/aromatic N) is 1. The molecule has 7 heteroatoms. The van der Waals surface area contributed by atoms with Gasteiger partial charge in [-0.15, -0.1) is 11.3 Å². The molecule has 1 amide bonds. The van der Waals surface area contributed by atoms with Crippen LogP contribution in [0.5, 0.6) is 0 Å². The molecule has 1 N–H and O–H groups in total. The highest BCUT2D eigenvalue weighted by atomic mass is 79.9. The van der Waals surface area contributed by atoms with E-state index in [0.717, 1.165) is 25.3 Å². The predicted molar refractivity (Wildman–Crippen MR) is 117 cm³/mol. The Kier molecular flexibility index (Phi) is 7.56. The fourth-order valence-electron chi connectivity index (χ4n) is 2.93. The number of amides is 1. The van der Waals surface area contributed by atoms with Crippen molar-refractivity contribution in [3.05, 3.63) is 51.8 Å². The van der Waals surface area contributed by atoms with E-state index in [9.17, 15) is 4.79 Å². The number of carbonyl (C=O) groups excluding carboxylic acids is 1. The van der Waals surface area contributed by atoms with Crippen LogP contribution in [0.15, 0.2) is 46.3 Å². The Morgan fingerprint density at radius 2 is 1.93 bits per heavy atom. The van der Waals surface area contributed by atoms with Crippen LogP contribution < -0.4 is 5.32 Å². The molecule has 0 aliphatic carbocycles. The van der Waals surface area contributed by atoms with Gasteiger partial charge in [0, 0.05) is 31.6 Å². The largest absolute Gasteiger partial charge is 0.353 e. The first-order valence-electron chi connectivity index (χ1n) is 9.29.